The van der Waals surface area contributed by atoms with Gasteiger partial charge >= 0.3 is 0 Å². The number of furan rings is 1. The van der Waals surface area contributed by atoms with Gasteiger partial charge in [0.15, 0.2) is 0 Å². The molecule has 0 bridgehead atoms. The molecule has 0 aliphatic rings. The molecule has 5 heteroatoms. The summed E-state index contributed by atoms with van der Waals surface area (Å²) in [5.74, 6) is 0.959. The molecule has 2 heterocycles. The molecule has 2 rings (SSSR count). The molecule has 0 spiro atoms. The lowest BCUT2D eigenvalue weighted by Gasteiger charge is -2.17. The molecule has 2 aromatic rings. The predicted molar refractivity (Wildman–Crippen MR) is 83.8 cm³/mol. The van der Waals surface area contributed by atoms with Gasteiger partial charge in [-0.1, -0.05) is 6.92 Å². The maximum atomic E-state index is 5.65. The monoisotopic (exact) mass is 339 g/mol. The van der Waals surface area contributed by atoms with Crippen LogP contribution in [0, 0.1) is 13.8 Å². The van der Waals surface area contributed by atoms with Crippen LogP contribution in [0.25, 0.3) is 0 Å². The Balaban J connectivity index is 2.26. The van der Waals surface area contributed by atoms with Gasteiger partial charge in [-0.3, -0.25) is 4.68 Å². The van der Waals surface area contributed by atoms with Crippen molar-refractivity contribution >= 4 is 15.9 Å². The third kappa shape index (κ3) is 3.15. The van der Waals surface area contributed by atoms with Crippen molar-refractivity contribution in [2.45, 2.75) is 39.7 Å². The summed E-state index contributed by atoms with van der Waals surface area (Å²) in [6.07, 6.45) is 3.71. The highest BCUT2D eigenvalue weighted by atomic mass is 79.9. The van der Waals surface area contributed by atoms with Crippen molar-refractivity contribution in [2.24, 2.45) is 7.05 Å². The highest BCUT2D eigenvalue weighted by Crippen LogP contribution is 2.28. The molecule has 20 heavy (non-hydrogen) atoms. The van der Waals surface area contributed by atoms with Crippen molar-refractivity contribution in [2.75, 3.05) is 6.54 Å². The molecule has 0 fully saturated rings. The topological polar surface area (TPSA) is 43.0 Å². The first-order valence-corrected chi connectivity index (χ1v) is 7.79. The summed E-state index contributed by atoms with van der Waals surface area (Å²) in [5.41, 5.74) is 3.61. The van der Waals surface area contributed by atoms with Crippen molar-refractivity contribution < 1.29 is 4.42 Å². The van der Waals surface area contributed by atoms with Gasteiger partial charge in [0, 0.05) is 12.7 Å². The summed E-state index contributed by atoms with van der Waals surface area (Å²) < 4.78 is 8.61. The first-order chi connectivity index (χ1) is 9.54. The van der Waals surface area contributed by atoms with Gasteiger partial charge in [-0.2, -0.15) is 5.10 Å². The SMILES string of the molecule is CCCNC(Cc1c(C)nn(C)c1C)c1occc1Br. The highest BCUT2D eigenvalue weighted by Gasteiger charge is 2.21. The maximum absolute atomic E-state index is 5.65. The minimum Gasteiger partial charge on any atom is -0.466 e. The van der Waals surface area contributed by atoms with E-state index in [1.165, 1.54) is 11.3 Å². The number of nitrogens with zero attached hydrogens (tertiary/aromatic N) is 2. The van der Waals surface area contributed by atoms with Crippen molar-refractivity contribution in [1.82, 2.24) is 15.1 Å². The van der Waals surface area contributed by atoms with E-state index < -0.39 is 0 Å². The highest BCUT2D eigenvalue weighted by molar-refractivity contribution is 9.10. The molecule has 0 aliphatic carbocycles. The van der Waals surface area contributed by atoms with Crippen molar-refractivity contribution in [3.8, 4) is 0 Å². The Kier molecular flexibility index (Phi) is 5.05. The van der Waals surface area contributed by atoms with E-state index in [4.69, 9.17) is 4.42 Å². The standard InChI is InChI=1S/C15H22BrN3O/c1-5-7-17-14(15-13(16)6-8-20-15)9-12-10(2)18-19(4)11(12)3/h6,8,14,17H,5,7,9H2,1-4H3. The lowest BCUT2D eigenvalue weighted by molar-refractivity contribution is 0.407. The molecule has 0 aliphatic heterocycles. The van der Waals surface area contributed by atoms with Gasteiger partial charge in [-0.05, 0) is 60.8 Å². The van der Waals surface area contributed by atoms with E-state index in [2.05, 4.69) is 47.1 Å². The van der Waals surface area contributed by atoms with Gasteiger partial charge in [0.1, 0.15) is 5.76 Å². The van der Waals surface area contributed by atoms with E-state index in [1.54, 1.807) is 6.26 Å². The Bertz CT molecular complexity index is 574. The second-order valence-electron chi connectivity index (χ2n) is 5.12. The van der Waals surface area contributed by atoms with Gasteiger partial charge in [-0.25, -0.2) is 0 Å². The average Bonchev–Trinajstić information content (AvgIpc) is 2.93. The largest absolute Gasteiger partial charge is 0.466 e. The molecule has 110 valence electrons. The number of rotatable bonds is 6. The number of hydrogen-bond acceptors (Lipinski definition) is 3. The van der Waals surface area contributed by atoms with Crippen LogP contribution in [0.4, 0.5) is 0 Å². The summed E-state index contributed by atoms with van der Waals surface area (Å²) in [6, 6.07) is 2.11. The fourth-order valence-electron chi connectivity index (χ4n) is 2.45. The fraction of sp³-hybridized carbons (Fsp3) is 0.533. The van der Waals surface area contributed by atoms with Crippen LogP contribution in [0.3, 0.4) is 0 Å². The normalized spacial score (nSPS) is 12.8. The zero-order chi connectivity index (χ0) is 14.7. The molecular formula is C15H22BrN3O. The van der Waals surface area contributed by atoms with Crippen LogP contribution in [0.15, 0.2) is 21.2 Å². The Morgan fingerprint density at radius 1 is 1.45 bits per heavy atom. The molecule has 4 nitrogen and oxygen atoms in total. The minimum absolute atomic E-state index is 0.168. The van der Waals surface area contributed by atoms with E-state index in [0.717, 1.165) is 35.3 Å². The average molecular weight is 340 g/mol. The second-order valence-corrected chi connectivity index (χ2v) is 5.97. The molecule has 0 aromatic carbocycles. The van der Waals surface area contributed by atoms with E-state index in [0.29, 0.717) is 0 Å². The van der Waals surface area contributed by atoms with Gasteiger partial charge < -0.3 is 9.73 Å². The molecule has 1 atom stereocenters. The summed E-state index contributed by atoms with van der Waals surface area (Å²) in [6.45, 7) is 7.32. The van der Waals surface area contributed by atoms with Gasteiger partial charge in [0.25, 0.3) is 0 Å². The first-order valence-electron chi connectivity index (χ1n) is 7.00. The maximum Gasteiger partial charge on any atom is 0.135 e. The molecule has 0 saturated carbocycles. The minimum atomic E-state index is 0.168. The van der Waals surface area contributed by atoms with Gasteiger partial charge in [0.05, 0.1) is 22.5 Å². The Morgan fingerprint density at radius 3 is 2.70 bits per heavy atom. The summed E-state index contributed by atoms with van der Waals surface area (Å²) in [7, 11) is 1.99. The number of halogens is 1. The summed E-state index contributed by atoms with van der Waals surface area (Å²) >= 11 is 3.56. The van der Waals surface area contributed by atoms with Crippen LogP contribution < -0.4 is 5.32 Å². The van der Waals surface area contributed by atoms with E-state index in [9.17, 15) is 0 Å². The molecular weight excluding hydrogens is 318 g/mol. The van der Waals surface area contributed by atoms with E-state index in [-0.39, 0.29) is 6.04 Å². The van der Waals surface area contributed by atoms with Crippen molar-refractivity contribution in [3.05, 3.63) is 39.5 Å². The van der Waals surface area contributed by atoms with Crippen LogP contribution in [0.5, 0.6) is 0 Å². The molecule has 0 saturated heterocycles. The molecule has 2 aromatic heterocycles. The van der Waals surface area contributed by atoms with Crippen molar-refractivity contribution in [3.63, 3.8) is 0 Å². The fourth-order valence-corrected chi connectivity index (χ4v) is 2.92. The van der Waals surface area contributed by atoms with Crippen molar-refractivity contribution in [1.29, 1.82) is 0 Å². The van der Waals surface area contributed by atoms with Crippen LogP contribution in [-0.2, 0) is 13.5 Å². The van der Waals surface area contributed by atoms with Crippen LogP contribution >= 0.6 is 15.9 Å². The van der Waals surface area contributed by atoms with E-state index >= 15 is 0 Å². The molecule has 1 unspecified atom stereocenters. The van der Waals surface area contributed by atoms with E-state index in [1.807, 2.05) is 17.8 Å². The number of hydrogen-bond donors (Lipinski definition) is 1. The zero-order valence-corrected chi connectivity index (χ0v) is 14.1. The quantitative estimate of drug-likeness (QED) is 0.872. The van der Waals surface area contributed by atoms with Gasteiger partial charge in [-0.15, -0.1) is 0 Å². The van der Waals surface area contributed by atoms with Crippen LogP contribution in [0.1, 0.15) is 42.1 Å². The lowest BCUT2D eigenvalue weighted by atomic mass is 10.0. The lowest BCUT2D eigenvalue weighted by Crippen LogP contribution is -2.24. The summed E-state index contributed by atoms with van der Waals surface area (Å²) in [5, 5.41) is 8.06. The zero-order valence-electron chi connectivity index (χ0n) is 12.5. The Morgan fingerprint density at radius 2 is 2.20 bits per heavy atom. The smallest absolute Gasteiger partial charge is 0.135 e. The molecule has 1 N–H and O–H groups in total. The third-order valence-electron chi connectivity index (χ3n) is 3.67. The predicted octanol–water partition coefficient (Wildman–Crippen LogP) is 3.68. The second kappa shape index (κ2) is 6.59. The Labute approximate surface area is 128 Å². The van der Waals surface area contributed by atoms with Crippen LogP contribution in [-0.4, -0.2) is 16.3 Å². The molecule has 0 radical (unpaired) electrons. The van der Waals surface area contributed by atoms with Crippen LogP contribution in [0.2, 0.25) is 0 Å². The first kappa shape index (κ1) is 15.3. The summed E-state index contributed by atoms with van der Waals surface area (Å²) in [4.78, 5) is 0. The third-order valence-corrected chi connectivity index (χ3v) is 4.32. The Hall–Kier alpha value is -1.07. The van der Waals surface area contributed by atoms with Gasteiger partial charge in [0.2, 0.25) is 0 Å². The number of nitrogens with one attached hydrogen (secondary N) is 1. The number of aromatic nitrogens is 2. The number of aryl methyl sites for hydroxylation is 2. The molecule has 0 amide bonds.